The molecule has 2 N–H and O–H groups in total. The Morgan fingerprint density at radius 2 is 2.08 bits per heavy atom. The average molecular weight is 183 g/mol. The molecule has 1 aromatic rings. The Morgan fingerprint density at radius 3 is 2.62 bits per heavy atom. The topological polar surface area (TPSA) is 26.0 Å². The maximum atomic E-state index is 13.0. The quantitative estimate of drug-likeness (QED) is 0.700. The van der Waals surface area contributed by atoms with E-state index < -0.39 is 17.7 Å². The van der Waals surface area contributed by atoms with Crippen LogP contribution in [-0.4, -0.2) is 0 Å². The van der Waals surface area contributed by atoms with Crippen LogP contribution in [0.1, 0.15) is 17.2 Å². The third kappa shape index (κ3) is 1.92. The van der Waals surface area contributed by atoms with Gasteiger partial charge in [0.25, 0.3) is 0 Å². The van der Waals surface area contributed by atoms with Crippen molar-refractivity contribution in [2.45, 2.75) is 13.0 Å². The van der Waals surface area contributed by atoms with Crippen molar-refractivity contribution in [3.8, 4) is 0 Å². The van der Waals surface area contributed by atoms with E-state index in [0.29, 0.717) is 11.1 Å². The number of nitrogens with two attached hydrogens (primary N) is 1. The Labute approximate surface area is 75.9 Å². The standard InChI is InChI=1S/C10H11F2N/c1-3-10(13)8-4-7(11)5-9(12)6(8)2/h3-5,10H,1,13H2,2H3. The first-order valence-electron chi connectivity index (χ1n) is 3.90. The SMILES string of the molecule is C=CC(N)c1cc(F)cc(F)c1C. The van der Waals surface area contributed by atoms with Gasteiger partial charge in [0.15, 0.2) is 0 Å². The van der Waals surface area contributed by atoms with E-state index in [-0.39, 0.29) is 0 Å². The van der Waals surface area contributed by atoms with Gasteiger partial charge >= 0.3 is 0 Å². The molecule has 1 atom stereocenters. The molecule has 0 fully saturated rings. The van der Waals surface area contributed by atoms with E-state index in [1.807, 2.05) is 0 Å². The van der Waals surface area contributed by atoms with Crippen molar-refractivity contribution in [3.63, 3.8) is 0 Å². The number of halogens is 2. The molecular weight excluding hydrogens is 172 g/mol. The largest absolute Gasteiger partial charge is 0.321 e. The van der Waals surface area contributed by atoms with E-state index in [1.165, 1.54) is 12.1 Å². The minimum Gasteiger partial charge on any atom is -0.321 e. The minimum absolute atomic E-state index is 0.369. The zero-order chi connectivity index (χ0) is 10.0. The molecule has 70 valence electrons. The van der Waals surface area contributed by atoms with Crippen LogP contribution in [0.3, 0.4) is 0 Å². The lowest BCUT2D eigenvalue weighted by Crippen LogP contribution is -2.09. The van der Waals surface area contributed by atoms with Gasteiger partial charge in [-0.2, -0.15) is 0 Å². The van der Waals surface area contributed by atoms with Gasteiger partial charge in [0.1, 0.15) is 11.6 Å². The highest BCUT2D eigenvalue weighted by molar-refractivity contribution is 5.32. The first-order chi connectivity index (χ1) is 6.06. The highest BCUT2D eigenvalue weighted by Gasteiger charge is 2.10. The predicted molar refractivity (Wildman–Crippen MR) is 48.2 cm³/mol. The van der Waals surface area contributed by atoms with Gasteiger partial charge in [-0.05, 0) is 24.1 Å². The van der Waals surface area contributed by atoms with E-state index in [2.05, 4.69) is 6.58 Å². The van der Waals surface area contributed by atoms with Crippen LogP contribution in [0.2, 0.25) is 0 Å². The predicted octanol–water partition coefficient (Wildman–Crippen LogP) is 2.46. The normalized spacial score (nSPS) is 12.6. The van der Waals surface area contributed by atoms with Crippen LogP contribution < -0.4 is 5.73 Å². The summed E-state index contributed by atoms with van der Waals surface area (Å²) in [4.78, 5) is 0. The molecule has 13 heavy (non-hydrogen) atoms. The van der Waals surface area contributed by atoms with E-state index in [4.69, 9.17) is 5.73 Å². The maximum Gasteiger partial charge on any atom is 0.129 e. The zero-order valence-electron chi connectivity index (χ0n) is 7.35. The van der Waals surface area contributed by atoms with Gasteiger partial charge in [-0.1, -0.05) is 6.08 Å². The minimum atomic E-state index is -0.615. The van der Waals surface area contributed by atoms with Gasteiger partial charge in [-0.15, -0.1) is 6.58 Å². The van der Waals surface area contributed by atoms with Gasteiger partial charge in [-0.25, -0.2) is 8.78 Å². The zero-order valence-corrected chi connectivity index (χ0v) is 7.35. The molecule has 0 saturated carbocycles. The second-order valence-electron chi connectivity index (χ2n) is 2.86. The molecule has 1 nitrogen and oxygen atoms in total. The molecule has 0 saturated heterocycles. The molecule has 0 radical (unpaired) electrons. The van der Waals surface area contributed by atoms with Crippen LogP contribution in [-0.2, 0) is 0 Å². The Bertz CT molecular complexity index is 334. The molecule has 0 amide bonds. The van der Waals surface area contributed by atoms with Crippen molar-refractivity contribution in [3.05, 3.63) is 47.5 Å². The molecule has 1 rings (SSSR count). The van der Waals surface area contributed by atoms with Crippen molar-refractivity contribution < 1.29 is 8.78 Å². The van der Waals surface area contributed by atoms with E-state index in [1.54, 1.807) is 6.92 Å². The molecule has 0 aliphatic carbocycles. The Hall–Kier alpha value is -1.22. The second kappa shape index (κ2) is 3.66. The van der Waals surface area contributed by atoms with Crippen LogP contribution in [0.4, 0.5) is 8.78 Å². The summed E-state index contributed by atoms with van der Waals surface area (Å²) in [6, 6.07) is 1.55. The number of hydrogen-bond acceptors (Lipinski definition) is 1. The van der Waals surface area contributed by atoms with Gasteiger partial charge in [0.2, 0.25) is 0 Å². The van der Waals surface area contributed by atoms with E-state index in [9.17, 15) is 8.78 Å². The van der Waals surface area contributed by atoms with Gasteiger partial charge in [0.05, 0.1) is 0 Å². The summed E-state index contributed by atoms with van der Waals surface area (Å²) in [7, 11) is 0. The van der Waals surface area contributed by atoms with Crippen LogP contribution in [0, 0.1) is 18.6 Å². The fourth-order valence-corrected chi connectivity index (χ4v) is 1.14. The summed E-state index contributed by atoms with van der Waals surface area (Å²) in [5, 5.41) is 0. The smallest absolute Gasteiger partial charge is 0.129 e. The molecule has 3 heteroatoms. The van der Waals surface area contributed by atoms with Gasteiger partial charge in [-0.3, -0.25) is 0 Å². The van der Waals surface area contributed by atoms with Crippen LogP contribution >= 0.6 is 0 Å². The van der Waals surface area contributed by atoms with E-state index >= 15 is 0 Å². The van der Waals surface area contributed by atoms with Crippen molar-refractivity contribution in [1.29, 1.82) is 0 Å². The van der Waals surface area contributed by atoms with E-state index in [0.717, 1.165) is 6.07 Å². The number of hydrogen-bond donors (Lipinski definition) is 1. The maximum absolute atomic E-state index is 13.0. The molecule has 0 bridgehead atoms. The van der Waals surface area contributed by atoms with Gasteiger partial charge < -0.3 is 5.73 Å². The second-order valence-corrected chi connectivity index (χ2v) is 2.86. The molecule has 0 spiro atoms. The van der Waals surface area contributed by atoms with Crippen LogP contribution in [0.15, 0.2) is 24.8 Å². The highest BCUT2D eigenvalue weighted by Crippen LogP contribution is 2.20. The summed E-state index contributed by atoms with van der Waals surface area (Å²) in [6.45, 7) is 5.03. The summed E-state index contributed by atoms with van der Waals surface area (Å²) in [6.07, 6.45) is 1.45. The lowest BCUT2D eigenvalue weighted by molar-refractivity contribution is 0.571. The van der Waals surface area contributed by atoms with Crippen molar-refractivity contribution in [1.82, 2.24) is 0 Å². The van der Waals surface area contributed by atoms with Crippen molar-refractivity contribution in [2.24, 2.45) is 5.73 Å². The highest BCUT2D eigenvalue weighted by atomic mass is 19.1. The third-order valence-electron chi connectivity index (χ3n) is 1.96. The number of rotatable bonds is 2. The molecule has 0 heterocycles. The summed E-state index contributed by atoms with van der Waals surface area (Å²) < 4.78 is 25.8. The summed E-state index contributed by atoms with van der Waals surface area (Å²) in [5.74, 6) is -1.19. The number of benzene rings is 1. The Morgan fingerprint density at radius 1 is 1.46 bits per heavy atom. The molecule has 1 unspecified atom stereocenters. The Kier molecular flexibility index (Phi) is 2.78. The molecule has 0 aliphatic heterocycles. The summed E-state index contributed by atoms with van der Waals surface area (Å²) in [5.41, 5.74) is 6.39. The lowest BCUT2D eigenvalue weighted by Gasteiger charge is -2.10. The Balaban J connectivity index is 3.27. The fourth-order valence-electron chi connectivity index (χ4n) is 1.14. The fraction of sp³-hybridized carbons (Fsp3) is 0.200. The van der Waals surface area contributed by atoms with Crippen LogP contribution in [0.5, 0.6) is 0 Å². The molecule has 1 aromatic carbocycles. The molecular formula is C10H11F2N. The molecule has 0 aromatic heterocycles. The van der Waals surface area contributed by atoms with Crippen molar-refractivity contribution >= 4 is 0 Å². The van der Waals surface area contributed by atoms with Gasteiger partial charge in [0, 0.05) is 12.1 Å². The lowest BCUT2D eigenvalue weighted by atomic mass is 10.0. The molecule has 0 aliphatic rings. The summed E-state index contributed by atoms with van der Waals surface area (Å²) >= 11 is 0. The first kappa shape index (κ1) is 9.86. The monoisotopic (exact) mass is 183 g/mol. The third-order valence-corrected chi connectivity index (χ3v) is 1.96. The first-order valence-corrected chi connectivity index (χ1v) is 3.90. The van der Waals surface area contributed by atoms with Crippen molar-refractivity contribution in [2.75, 3.05) is 0 Å². The van der Waals surface area contributed by atoms with Crippen LogP contribution in [0.25, 0.3) is 0 Å². The average Bonchev–Trinajstić information content (AvgIpc) is 2.10.